The number of hydrogen-bond acceptors (Lipinski definition) is 3. The maximum absolute atomic E-state index is 11.7. The lowest BCUT2D eigenvalue weighted by Gasteiger charge is -2.13. The molecule has 9 heteroatoms. The van der Waals surface area contributed by atoms with Crippen LogP contribution in [0.3, 0.4) is 0 Å². The Morgan fingerprint density at radius 1 is 1.13 bits per heavy atom. The van der Waals surface area contributed by atoms with Crippen molar-refractivity contribution in [1.29, 1.82) is 0 Å². The summed E-state index contributed by atoms with van der Waals surface area (Å²) in [7, 11) is 1.73. The molecule has 0 bridgehead atoms. The van der Waals surface area contributed by atoms with Gasteiger partial charge in [-0.05, 0) is 54.7 Å². The highest BCUT2D eigenvalue weighted by Gasteiger charge is 2.23. The Morgan fingerprint density at radius 2 is 1.87 bits per heavy atom. The number of ether oxygens (including phenoxy) is 1. The smallest absolute Gasteiger partial charge is 0.258 e. The van der Waals surface area contributed by atoms with Crippen molar-refractivity contribution in [3.8, 4) is 5.75 Å². The molecule has 0 atom stereocenters. The van der Waals surface area contributed by atoms with Crippen molar-refractivity contribution in [1.82, 2.24) is 16.0 Å². The molecular formula is C22H27Cl2IN4O2. The summed E-state index contributed by atoms with van der Waals surface area (Å²) in [5, 5.41) is 10.7. The van der Waals surface area contributed by atoms with Gasteiger partial charge in [0.1, 0.15) is 5.75 Å². The number of hydrogen-bond donors (Lipinski definition) is 3. The van der Waals surface area contributed by atoms with E-state index in [1.54, 1.807) is 13.1 Å². The van der Waals surface area contributed by atoms with Crippen LogP contribution in [0, 0.1) is 0 Å². The third kappa shape index (κ3) is 9.13. The summed E-state index contributed by atoms with van der Waals surface area (Å²) in [6.07, 6.45) is 2.97. The van der Waals surface area contributed by atoms with Crippen LogP contribution in [0.15, 0.2) is 47.5 Å². The number of halogens is 3. The van der Waals surface area contributed by atoms with Crippen LogP contribution in [0.2, 0.25) is 10.0 Å². The summed E-state index contributed by atoms with van der Waals surface area (Å²) >= 11 is 12.1. The summed E-state index contributed by atoms with van der Waals surface area (Å²) in [5.41, 5.74) is 2.11. The van der Waals surface area contributed by atoms with Crippen molar-refractivity contribution in [3.63, 3.8) is 0 Å². The van der Waals surface area contributed by atoms with Gasteiger partial charge in [0.25, 0.3) is 5.91 Å². The van der Waals surface area contributed by atoms with E-state index in [0.29, 0.717) is 34.3 Å². The molecule has 0 saturated heterocycles. The molecule has 3 rings (SSSR count). The molecule has 3 N–H and O–H groups in total. The van der Waals surface area contributed by atoms with Crippen molar-refractivity contribution in [3.05, 3.63) is 63.6 Å². The lowest BCUT2D eigenvalue weighted by molar-refractivity contribution is -0.123. The topological polar surface area (TPSA) is 74.8 Å². The molecule has 0 aromatic heterocycles. The lowest BCUT2D eigenvalue weighted by atomic mass is 10.1. The summed E-state index contributed by atoms with van der Waals surface area (Å²) in [4.78, 5) is 15.9. The van der Waals surface area contributed by atoms with Gasteiger partial charge in [-0.2, -0.15) is 0 Å². The van der Waals surface area contributed by atoms with Crippen LogP contribution in [0.4, 0.5) is 0 Å². The summed E-state index contributed by atoms with van der Waals surface area (Å²) < 4.78 is 5.53. The van der Waals surface area contributed by atoms with E-state index in [1.807, 2.05) is 36.4 Å². The molecule has 0 heterocycles. The van der Waals surface area contributed by atoms with E-state index < -0.39 is 0 Å². The third-order valence-electron chi connectivity index (χ3n) is 4.63. The zero-order valence-corrected chi connectivity index (χ0v) is 21.1. The van der Waals surface area contributed by atoms with Crippen LogP contribution in [-0.4, -0.2) is 38.1 Å². The molecule has 0 aliphatic heterocycles. The first-order valence-electron chi connectivity index (χ1n) is 9.93. The maximum Gasteiger partial charge on any atom is 0.258 e. The number of rotatable bonds is 9. The van der Waals surface area contributed by atoms with Gasteiger partial charge in [-0.3, -0.25) is 9.79 Å². The van der Waals surface area contributed by atoms with E-state index in [4.69, 9.17) is 27.9 Å². The van der Waals surface area contributed by atoms with Gasteiger partial charge >= 0.3 is 0 Å². The standard InChI is InChI=1S/C22H26Cl2N4O2.HI/c1-25-22(27-13-16-4-5-17(23)12-20(16)24)26-11-10-15-2-8-19(9-3-15)30-14-21(29)28-18-6-7-18;/h2-5,8-9,12,18H,6-7,10-11,13-14H2,1H3,(H,28,29)(H2,25,26,27);1H. The van der Waals surface area contributed by atoms with E-state index >= 15 is 0 Å². The molecule has 1 saturated carbocycles. The van der Waals surface area contributed by atoms with Gasteiger partial charge in [-0.25, -0.2) is 0 Å². The molecular weight excluding hydrogens is 550 g/mol. The van der Waals surface area contributed by atoms with Crippen LogP contribution in [0.25, 0.3) is 0 Å². The summed E-state index contributed by atoms with van der Waals surface area (Å²) in [5.74, 6) is 1.32. The quantitative estimate of drug-likeness (QED) is 0.238. The number of benzene rings is 2. The van der Waals surface area contributed by atoms with Gasteiger partial charge in [0.05, 0.1) is 0 Å². The predicted molar refractivity (Wildman–Crippen MR) is 137 cm³/mol. The van der Waals surface area contributed by atoms with Gasteiger partial charge in [0, 0.05) is 36.2 Å². The highest BCUT2D eigenvalue weighted by molar-refractivity contribution is 14.0. The second-order valence-electron chi connectivity index (χ2n) is 7.11. The third-order valence-corrected chi connectivity index (χ3v) is 5.21. The van der Waals surface area contributed by atoms with Crippen molar-refractivity contribution < 1.29 is 9.53 Å². The van der Waals surface area contributed by atoms with Crippen molar-refractivity contribution >= 4 is 59.0 Å². The molecule has 1 amide bonds. The van der Waals surface area contributed by atoms with Crippen LogP contribution in [0.1, 0.15) is 24.0 Å². The van der Waals surface area contributed by atoms with Gasteiger partial charge in [0.2, 0.25) is 0 Å². The zero-order valence-electron chi connectivity index (χ0n) is 17.3. The Balaban J connectivity index is 0.00000341. The molecule has 0 spiro atoms. The Hall–Kier alpha value is -1.71. The highest BCUT2D eigenvalue weighted by Crippen LogP contribution is 2.21. The van der Waals surface area contributed by atoms with Crippen molar-refractivity contribution in [2.45, 2.75) is 31.8 Å². The Labute approximate surface area is 210 Å². The molecule has 0 unspecified atom stereocenters. The van der Waals surface area contributed by atoms with E-state index in [9.17, 15) is 4.79 Å². The number of nitrogens with zero attached hydrogens (tertiary/aromatic N) is 1. The minimum absolute atomic E-state index is 0. The van der Waals surface area contributed by atoms with E-state index in [1.165, 1.54) is 0 Å². The lowest BCUT2D eigenvalue weighted by Crippen LogP contribution is -2.37. The minimum atomic E-state index is -0.0652. The number of amides is 1. The molecule has 6 nitrogen and oxygen atoms in total. The van der Waals surface area contributed by atoms with Crippen LogP contribution >= 0.6 is 47.2 Å². The number of carbonyl (C=O) groups excluding carboxylic acids is 1. The fraction of sp³-hybridized carbons (Fsp3) is 0.364. The van der Waals surface area contributed by atoms with Crippen LogP contribution in [0.5, 0.6) is 5.75 Å². The summed E-state index contributed by atoms with van der Waals surface area (Å²) in [6.45, 7) is 1.32. The molecule has 1 aliphatic carbocycles. The van der Waals surface area contributed by atoms with Gasteiger partial charge in [0.15, 0.2) is 12.6 Å². The normalized spacial score (nSPS) is 13.2. The molecule has 31 heavy (non-hydrogen) atoms. The average Bonchev–Trinajstić information content (AvgIpc) is 3.55. The molecule has 1 aliphatic rings. The van der Waals surface area contributed by atoms with E-state index in [0.717, 1.165) is 36.9 Å². The van der Waals surface area contributed by atoms with Crippen molar-refractivity contribution in [2.24, 2.45) is 4.99 Å². The largest absolute Gasteiger partial charge is 0.484 e. The SMILES string of the molecule is CN=C(NCCc1ccc(OCC(=O)NC2CC2)cc1)NCc1ccc(Cl)cc1Cl.I. The monoisotopic (exact) mass is 576 g/mol. The molecule has 2 aromatic rings. The Morgan fingerprint density at radius 3 is 2.52 bits per heavy atom. The molecule has 2 aromatic carbocycles. The number of nitrogens with one attached hydrogen (secondary N) is 3. The number of guanidine groups is 1. The number of carbonyl (C=O) groups is 1. The van der Waals surface area contributed by atoms with Gasteiger partial charge < -0.3 is 20.7 Å². The second-order valence-corrected chi connectivity index (χ2v) is 7.96. The fourth-order valence-electron chi connectivity index (χ4n) is 2.79. The Kier molecular flexibility index (Phi) is 10.7. The van der Waals surface area contributed by atoms with Gasteiger partial charge in [-0.15, -0.1) is 24.0 Å². The van der Waals surface area contributed by atoms with Crippen molar-refractivity contribution in [2.75, 3.05) is 20.2 Å². The molecule has 168 valence electrons. The molecule has 1 fully saturated rings. The average molecular weight is 577 g/mol. The first-order valence-corrected chi connectivity index (χ1v) is 10.7. The highest BCUT2D eigenvalue weighted by atomic mass is 127. The van der Waals surface area contributed by atoms with Crippen LogP contribution in [-0.2, 0) is 17.8 Å². The fourth-order valence-corrected chi connectivity index (χ4v) is 3.26. The minimum Gasteiger partial charge on any atom is -0.484 e. The van der Waals surface area contributed by atoms with E-state index in [-0.39, 0.29) is 36.5 Å². The van der Waals surface area contributed by atoms with E-state index in [2.05, 4.69) is 20.9 Å². The second kappa shape index (κ2) is 13.0. The maximum atomic E-state index is 11.7. The van der Waals surface area contributed by atoms with Gasteiger partial charge in [-0.1, -0.05) is 41.4 Å². The zero-order chi connectivity index (χ0) is 21.3. The van der Waals surface area contributed by atoms with Crippen LogP contribution < -0.4 is 20.7 Å². The first kappa shape index (κ1) is 25.5. The first-order chi connectivity index (χ1) is 14.5. The Bertz CT molecular complexity index is 890. The predicted octanol–water partition coefficient (Wildman–Crippen LogP) is 4.18. The molecule has 0 radical (unpaired) electrons. The summed E-state index contributed by atoms with van der Waals surface area (Å²) in [6, 6.07) is 13.6. The number of aliphatic imine (C=N–C) groups is 1.